The molecular formula is C10H9N3O3. The van der Waals surface area contributed by atoms with E-state index in [0.29, 0.717) is 5.69 Å². The van der Waals surface area contributed by atoms with Crippen molar-refractivity contribution < 1.29 is 9.72 Å². The van der Waals surface area contributed by atoms with Crippen LogP contribution in [0.15, 0.2) is 35.4 Å². The lowest BCUT2D eigenvalue weighted by Gasteiger charge is -2.10. The fraction of sp³-hybridized carbons (Fsp3) is 0.200. The van der Waals surface area contributed by atoms with Gasteiger partial charge in [-0.25, -0.2) is 0 Å². The number of hydrazone groups is 1. The van der Waals surface area contributed by atoms with Gasteiger partial charge >= 0.3 is 11.9 Å². The molecule has 0 aromatic heterocycles. The Bertz CT molecular complexity index is 469. The van der Waals surface area contributed by atoms with E-state index in [1.807, 2.05) is 0 Å². The summed E-state index contributed by atoms with van der Waals surface area (Å²) in [5.74, 6) is -0.617. The van der Waals surface area contributed by atoms with Crippen molar-refractivity contribution in [3.05, 3.63) is 40.4 Å². The van der Waals surface area contributed by atoms with Gasteiger partial charge < -0.3 is 0 Å². The third kappa shape index (κ3) is 1.54. The zero-order valence-corrected chi connectivity index (χ0v) is 8.53. The number of nitrogens with zero attached hydrogens (tertiary/aromatic N) is 3. The van der Waals surface area contributed by atoms with Crippen LogP contribution in [-0.4, -0.2) is 22.6 Å². The Morgan fingerprint density at radius 1 is 1.38 bits per heavy atom. The van der Waals surface area contributed by atoms with Crippen molar-refractivity contribution in [2.45, 2.75) is 13.0 Å². The molecule has 2 rings (SSSR count). The zero-order chi connectivity index (χ0) is 11.7. The van der Waals surface area contributed by atoms with E-state index >= 15 is 0 Å². The molecule has 6 nitrogen and oxygen atoms in total. The highest BCUT2D eigenvalue weighted by Crippen LogP contribution is 2.21. The zero-order valence-electron chi connectivity index (χ0n) is 8.53. The number of amides is 1. The molecule has 1 amide bonds. The minimum Gasteiger partial charge on any atom is -0.264 e. The first-order chi connectivity index (χ1) is 7.61. The average Bonchev–Trinajstić information content (AvgIpc) is 2.55. The largest absolute Gasteiger partial charge is 0.331 e. The number of para-hydroxylation sites is 1. The van der Waals surface area contributed by atoms with Crippen molar-refractivity contribution in [1.82, 2.24) is 0 Å². The SMILES string of the molecule is CC1=NN(c2ccccc2)C(=O)[C@H]1[N+](=O)[O-]. The van der Waals surface area contributed by atoms with Crippen LogP contribution in [0.4, 0.5) is 5.69 Å². The van der Waals surface area contributed by atoms with Crippen LogP contribution in [0.5, 0.6) is 0 Å². The lowest BCUT2D eigenvalue weighted by molar-refractivity contribution is -0.488. The summed E-state index contributed by atoms with van der Waals surface area (Å²) < 4.78 is 0. The van der Waals surface area contributed by atoms with E-state index in [0.717, 1.165) is 5.01 Å². The predicted molar refractivity (Wildman–Crippen MR) is 57.8 cm³/mol. The molecular weight excluding hydrogens is 210 g/mol. The van der Waals surface area contributed by atoms with Gasteiger partial charge in [0.05, 0.1) is 5.69 Å². The summed E-state index contributed by atoms with van der Waals surface area (Å²) in [7, 11) is 0. The van der Waals surface area contributed by atoms with Gasteiger partial charge in [-0.05, 0) is 19.1 Å². The minimum absolute atomic E-state index is 0.207. The van der Waals surface area contributed by atoms with Gasteiger partial charge in [-0.15, -0.1) is 0 Å². The fourth-order valence-corrected chi connectivity index (χ4v) is 1.55. The lowest BCUT2D eigenvalue weighted by atomic mass is 10.2. The predicted octanol–water partition coefficient (Wildman–Crippen LogP) is 1.05. The van der Waals surface area contributed by atoms with Crippen LogP contribution in [0.3, 0.4) is 0 Å². The highest BCUT2D eigenvalue weighted by Gasteiger charge is 2.43. The molecule has 0 saturated heterocycles. The average molecular weight is 219 g/mol. The molecule has 0 aliphatic carbocycles. The van der Waals surface area contributed by atoms with Crippen LogP contribution in [0.1, 0.15) is 6.92 Å². The van der Waals surface area contributed by atoms with E-state index in [9.17, 15) is 14.9 Å². The van der Waals surface area contributed by atoms with Gasteiger partial charge in [0.2, 0.25) is 0 Å². The number of rotatable bonds is 2. The Morgan fingerprint density at radius 3 is 2.50 bits per heavy atom. The number of hydrogen-bond acceptors (Lipinski definition) is 4. The Morgan fingerprint density at radius 2 is 2.00 bits per heavy atom. The molecule has 1 aromatic carbocycles. The third-order valence-corrected chi connectivity index (χ3v) is 2.31. The highest BCUT2D eigenvalue weighted by molar-refractivity contribution is 6.16. The number of carbonyl (C=O) groups is 1. The van der Waals surface area contributed by atoms with Crippen LogP contribution >= 0.6 is 0 Å². The van der Waals surface area contributed by atoms with E-state index in [4.69, 9.17) is 0 Å². The maximum Gasteiger partial charge on any atom is 0.331 e. The first-order valence-corrected chi connectivity index (χ1v) is 4.69. The number of carbonyl (C=O) groups excluding carboxylic acids is 1. The lowest BCUT2D eigenvalue weighted by Crippen LogP contribution is -2.37. The monoisotopic (exact) mass is 219 g/mol. The molecule has 0 unspecified atom stereocenters. The second-order valence-electron chi connectivity index (χ2n) is 3.41. The first-order valence-electron chi connectivity index (χ1n) is 4.69. The quantitative estimate of drug-likeness (QED) is 0.551. The van der Waals surface area contributed by atoms with Gasteiger partial charge in [0, 0.05) is 4.92 Å². The van der Waals surface area contributed by atoms with Gasteiger partial charge in [-0.3, -0.25) is 14.9 Å². The second kappa shape index (κ2) is 3.73. The number of nitro groups is 1. The summed E-state index contributed by atoms with van der Waals surface area (Å²) in [6, 6.07) is 7.29. The van der Waals surface area contributed by atoms with E-state index in [1.165, 1.54) is 6.92 Å². The number of benzene rings is 1. The normalized spacial score (nSPS) is 19.8. The molecule has 6 heteroatoms. The summed E-state index contributed by atoms with van der Waals surface area (Å²) >= 11 is 0. The van der Waals surface area contributed by atoms with Gasteiger partial charge in [-0.2, -0.15) is 10.1 Å². The minimum atomic E-state index is -1.35. The maximum absolute atomic E-state index is 11.7. The van der Waals surface area contributed by atoms with Gasteiger partial charge in [0.15, 0.2) is 0 Å². The van der Waals surface area contributed by atoms with Gasteiger partial charge in [0.1, 0.15) is 5.71 Å². The second-order valence-corrected chi connectivity index (χ2v) is 3.41. The molecule has 0 N–H and O–H groups in total. The van der Waals surface area contributed by atoms with Crippen molar-refractivity contribution in [2.24, 2.45) is 5.10 Å². The molecule has 82 valence electrons. The van der Waals surface area contributed by atoms with Crippen LogP contribution in [-0.2, 0) is 4.79 Å². The maximum atomic E-state index is 11.7. The fourth-order valence-electron chi connectivity index (χ4n) is 1.55. The van der Waals surface area contributed by atoms with E-state index in [1.54, 1.807) is 30.3 Å². The van der Waals surface area contributed by atoms with Crippen LogP contribution in [0.25, 0.3) is 0 Å². The van der Waals surface area contributed by atoms with Crippen LogP contribution in [0.2, 0.25) is 0 Å². The summed E-state index contributed by atoms with van der Waals surface area (Å²) in [5.41, 5.74) is 0.745. The topological polar surface area (TPSA) is 75.8 Å². The third-order valence-electron chi connectivity index (χ3n) is 2.31. The molecule has 1 aromatic rings. The van der Waals surface area contributed by atoms with Crippen molar-refractivity contribution in [3.8, 4) is 0 Å². The Hall–Kier alpha value is -2.24. The summed E-state index contributed by atoms with van der Waals surface area (Å²) in [6.07, 6.45) is 0. The first kappa shape index (κ1) is 10.3. The summed E-state index contributed by atoms with van der Waals surface area (Å²) in [5, 5.41) is 15.6. The van der Waals surface area contributed by atoms with Crippen molar-refractivity contribution in [1.29, 1.82) is 0 Å². The number of anilines is 1. The van der Waals surface area contributed by atoms with Gasteiger partial charge in [0.25, 0.3) is 0 Å². The molecule has 1 atom stereocenters. The molecule has 0 radical (unpaired) electrons. The Balaban J connectivity index is 2.35. The number of hydrogen-bond donors (Lipinski definition) is 0. The van der Waals surface area contributed by atoms with Gasteiger partial charge in [-0.1, -0.05) is 18.2 Å². The molecule has 1 heterocycles. The van der Waals surface area contributed by atoms with E-state index in [-0.39, 0.29) is 5.71 Å². The Kier molecular flexibility index (Phi) is 2.40. The molecule has 0 bridgehead atoms. The summed E-state index contributed by atoms with van der Waals surface area (Å²) in [4.78, 5) is 21.8. The Labute approximate surface area is 91.3 Å². The molecule has 1 aliphatic heterocycles. The van der Waals surface area contributed by atoms with E-state index in [2.05, 4.69) is 5.10 Å². The van der Waals surface area contributed by atoms with E-state index < -0.39 is 16.9 Å². The molecule has 0 saturated carbocycles. The van der Waals surface area contributed by atoms with Crippen molar-refractivity contribution in [2.75, 3.05) is 5.01 Å². The highest BCUT2D eigenvalue weighted by atomic mass is 16.6. The smallest absolute Gasteiger partial charge is 0.264 e. The van der Waals surface area contributed by atoms with Crippen LogP contribution in [0, 0.1) is 10.1 Å². The molecule has 16 heavy (non-hydrogen) atoms. The molecule has 0 spiro atoms. The molecule has 0 fully saturated rings. The van der Waals surface area contributed by atoms with Crippen LogP contribution < -0.4 is 5.01 Å². The van der Waals surface area contributed by atoms with Crippen molar-refractivity contribution >= 4 is 17.3 Å². The standard InChI is InChI=1S/C10H9N3O3/c1-7-9(13(15)16)10(14)12(11-7)8-5-3-2-4-6-8/h2-6,9H,1H3/t9-/m0/s1. The molecule has 1 aliphatic rings. The summed E-state index contributed by atoms with van der Waals surface area (Å²) in [6.45, 7) is 1.48. The van der Waals surface area contributed by atoms with Crippen molar-refractivity contribution in [3.63, 3.8) is 0 Å².